The van der Waals surface area contributed by atoms with Crippen LogP contribution in [0.1, 0.15) is 0 Å². The van der Waals surface area contributed by atoms with Crippen LogP contribution in [0.4, 0.5) is 0 Å². The lowest BCUT2D eigenvalue weighted by atomic mass is 10.1. The summed E-state index contributed by atoms with van der Waals surface area (Å²) in [5.41, 5.74) is 2.24. The van der Waals surface area contributed by atoms with E-state index in [2.05, 4.69) is 52.5 Å². The molecular formula is C14H15N3S2. The lowest BCUT2D eigenvalue weighted by molar-refractivity contribution is 1.10. The SMILES string of the molecule is CS(C=S)(NN)c1cccc2c1[nH]c1ccccc12. The van der Waals surface area contributed by atoms with Gasteiger partial charge in [0, 0.05) is 25.9 Å². The molecule has 0 saturated heterocycles. The molecule has 98 valence electrons. The zero-order valence-electron chi connectivity index (χ0n) is 10.5. The van der Waals surface area contributed by atoms with E-state index < -0.39 is 10.2 Å². The minimum atomic E-state index is -1.48. The molecule has 0 fully saturated rings. The number of aromatic amines is 1. The molecule has 3 aromatic rings. The van der Waals surface area contributed by atoms with Crippen molar-refractivity contribution in [3.05, 3.63) is 42.5 Å². The van der Waals surface area contributed by atoms with Gasteiger partial charge in [0.25, 0.3) is 0 Å². The predicted octanol–water partition coefficient (Wildman–Crippen LogP) is 3.45. The standard InChI is InChI=1S/C14H15N3S2/c1-19(9-18,17-15)13-8-4-6-11-10-5-2-3-7-12(10)16-14(11)13/h2-9,16-17H,15H2,1H3. The lowest BCUT2D eigenvalue weighted by Gasteiger charge is -2.30. The van der Waals surface area contributed by atoms with Gasteiger partial charge in [0.15, 0.2) is 0 Å². The van der Waals surface area contributed by atoms with Crippen LogP contribution in [0.2, 0.25) is 0 Å². The molecule has 1 aromatic heterocycles. The van der Waals surface area contributed by atoms with Crippen LogP contribution in [-0.2, 0) is 0 Å². The van der Waals surface area contributed by atoms with Gasteiger partial charge < -0.3 is 4.98 Å². The van der Waals surface area contributed by atoms with Crippen LogP contribution in [0, 0.1) is 0 Å². The number of rotatable bonds is 3. The summed E-state index contributed by atoms with van der Waals surface area (Å²) in [5.74, 6) is 5.71. The summed E-state index contributed by atoms with van der Waals surface area (Å²) in [6.07, 6.45) is 2.06. The Bertz CT molecular complexity index is 766. The van der Waals surface area contributed by atoms with E-state index >= 15 is 0 Å². The quantitative estimate of drug-likeness (QED) is 0.393. The van der Waals surface area contributed by atoms with Gasteiger partial charge in [-0.05, 0) is 18.4 Å². The Hall–Kier alpha value is -1.40. The highest BCUT2D eigenvalue weighted by Crippen LogP contribution is 2.49. The van der Waals surface area contributed by atoms with E-state index in [1.165, 1.54) is 10.8 Å². The first-order valence-electron chi connectivity index (χ1n) is 5.90. The average molecular weight is 289 g/mol. The monoisotopic (exact) mass is 289 g/mol. The van der Waals surface area contributed by atoms with E-state index in [-0.39, 0.29) is 0 Å². The molecular weight excluding hydrogens is 274 g/mol. The molecule has 0 spiro atoms. The van der Waals surface area contributed by atoms with E-state index in [1.54, 1.807) is 4.70 Å². The minimum Gasteiger partial charge on any atom is -0.354 e. The molecule has 1 unspecified atom stereocenters. The summed E-state index contributed by atoms with van der Waals surface area (Å²) in [6, 6.07) is 14.5. The molecule has 1 atom stereocenters. The second-order valence-electron chi connectivity index (χ2n) is 4.55. The first-order valence-corrected chi connectivity index (χ1v) is 8.47. The molecule has 0 bridgehead atoms. The van der Waals surface area contributed by atoms with Crippen LogP contribution in [0.3, 0.4) is 0 Å². The average Bonchev–Trinajstić information content (AvgIpc) is 2.85. The number of nitrogens with two attached hydrogens (primary N) is 1. The molecule has 3 rings (SSSR count). The van der Waals surface area contributed by atoms with Crippen molar-refractivity contribution < 1.29 is 0 Å². The first-order chi connectivity index (χ1) is 9.19. The molecule has 4 N–H and O–H groups in total. The summed E-state index contributed by atoms with van der Waals surface area (Å²) < 4.78 is 1.74. The predicted molar refractivity (Wildman–Crippen MR) is 88.6 cm³/mol. The van der Waals surface area contributed by atoms with E-state index in [9.17, 15) is 0 Å². The summed E-state index contributed by atoms with van der Waals surface area (Å²) in [7, 11) is -1.48. The fourth-order valence-electron chi connectivity index (χ4n) is 2.34. The number of nitrogens with one attached hydrogen (secondary N) is 2. The lowest BCUT2D eigenvalue weighted by Crippen LogP contribution is -2.27. The highest BCUT2D eigenvalue weighted by atomic mass is 32.3. The van der Waals surface area contributed by atoms with Gasteiger partial charge in [0.2, 0.25) is 0 Å². The van der Waals surface area contributed by atoms with Crippen LogP contribution >= 0.6 is 22.4 Å². The Balaban J connectivity index is 2.41. The topological polar surface area (TPSA) is 53.8 Å². The second-order valence-corrected chi connectivity index (χ2v) is 7.95. The fraction of sp³-hybridized carbons (Fsp3) is 0.0714. The van der Waals surface area contributed by atoms with Gasteiger partial charge >= 0.3 is 0 Å². The third-order valence-corrected chi connectivity index (χ3v) is 6.68. The van der Waals surface area contributed by atoms with Crippen molar-refractivity contribution in [3.8, 4) is 0 Å². The van der Waals surface area contributed by atoms with Gasteiger partial charge in [-0.3, -0.25) is 5.84 Å². The number of para-hydroxylation sites is 2. The number of aromatic nitrogens is 1. The number of hydrogen-bond acceptors (Lipinski definition) is 3. The first kappa shape index (κ1) is 12.6. The highest BCUT2D eigenvalue weighted by molar-refractivity contribution is 8.46. The van der Waals surface area contributed by atoms with Crippen molar-refractivity contribution in [1.29, 1.82) is 0 Å². The van der Waals surface area contributed by atoms with Crippen molar-refractivity contribution in [2.45, 2.75) is 4.90 Å². The third kappa shape index (κ3) is 1.86. The largest absolute Gasteiger partial charge is 0.354 e. The van der Waals surface area contributed by atoms with Crippen molar-refractivity contribution in [2.24, 2.45) is 5.84 Å². The van der Waals surface area contributed by atoms with Crippen LogP contribution in [-0.4, -0.2) is 15.9 Å². The molecule has 1 heterocycles. The third-order valence-electron chi connectivity index (χ3n) is 3.40. The summed E-state index contributed by atoms with van der Waals surface area (Å²) in [4.78, 5) is 7.50. The molecule has 0 aliphatic heterocycles. The zero-order chi connectivity index (χ0) is 13.5. The van der Waals surface area contributed by atoms with Crippen LogP contribution < -0.4 is 10.7 Å². The van der Waals surface area contributed by atoms with E-state index in [1.807, 2.05) is 6.07 Å². The van der Waals surface area contributed by atoms with Gasteiger partial charge in [0.1, 0.15) is 0 Å². The Morgan fingerprint density at radius 1 is 1.16 bits per heavy atom. The van der Waals surface area contributed by atoms with Crippen molar-refractivity contribution in [3.63, 3.8) is 0 Å². The number of hydrazine groups is 1. The molecule has 3 nitrogen and oxygen atoms in total. The number of benzene rings is 2. The van der Waals surface area contributed by atoms with Crippen molar-refractivity contribution >= 4 is 48.9 Å². The van der Waals surface area contributed by atoms with Crippen molar-refractivity contribution in [1.82, 2.24) is 9.82 Å². The van der Waals surface area contributed by atoms with E-state index in [4.69, 9.17) is 18.1 Å². The van der Waals surface area contributed by atoms with Gasteiger partial charge in [-0.2, -0.15) is 0 Å². The van der Waals surface area contributed by atoms with Crippen LogP contribution in [0.15, 0.2) is 47.4 Å². The second kappa shape index (κ2) is 4.61. The molecule has 5 heteroatoms. The Morgan fingerprint density at radius 2 is 1.89 bits per heavy atom. The summed E-state index contributed by atoms with van der Waals surface area (Å²) in [6.45, 7) is 0. The molecule has 0 saturated carbocycles. The molecule has 0 aliphatic carbocycles. The van der Waals surface area contributed by atoms with E-state index in [0.29, 0.717) is 0 Å². The number of hydrogen-bond donors (Lipinski definition) is 3. The summed E-state index contributed by atoms with van der Waals surface area (Å²) >= 11 is 5.17. The Kier molecular flexibility index (Phi) is 3.06. The Labute approximate surface area is 118 Å². The van der Waals surface area contributed by atoms with Gasteiger partial charge in [-0.15, -0.1) is 10.2 Å². The normalized spacial score (nSPS) is 16.3. The van der Waals surface area contributed by atoms with Crippen molar-refractivity contribution in [2.75, 3.05) is 6.26 Å². The number of H-pyrrole nitrogens is 1. The van der Waals surface area contributed by atoms with Gasteiger partial charge in [0.05, 0.1) is 5.52 Å². The maximum Gasteiger partial charge on any atom is 0.0603 e. The van der Waals surface area contributed by atoms with Crippen LogP contribution in [0.25, 0.3) is 21.8 Å². The smallest absolute Gasteiger partial charge is 0.0603 e. The minimum absolute atomic E-state index is 1.11. The molecule has 0 radical (unpaired) electrons. The number of fused-ring (bicyclic) bond motifs is 3. The van der Waals surface area contributed by atoms with E-state index in [0.717, 1.165) is 15.9 Å². The van der Waals surface area contributed by atoms with Crippen LogP contribution in [0.5, 0.6) is 0 Å². The Morgan fingerprint density at radius 3 is 2.63 bits per heavy atom. The number of thiocarbonyl (C=S) groups is 1. The molecule has 19 heavy (non-hydrogen) atoms. The maximum absolute atomic E-state index is 5.71. The van der Waals surface area contributed by atoms with Gasteiger partial charge in [-0.25, -0.2) is 4.83 Å². The van der Waals surface area contributed by atoms with Gasteiger partial charge in [-0.1, -0.05) is 42.5 Å². The fourth-order valence-corrected chi connectivity index (χ4v) is 4.05. The zero-order valence-corrected chi connectivity index (χ0v) is 12.1. The summed E-state index contributed by atoms with van der Waals surface area (Å²) in [5, 5.41) is 2.43. The molecule has 0 aliphatic rings. The highest BCUT2D eigenvalue weighted by Gasteiger charge is 2.20. The maximum atomic E-state index is 5.71. The molecule has 0 amide bonds. The molecule has 2 aromatic carbocycles.